The van der Waals surface area contributed by atoms with Crippen molar-refractivity contribution in [3.63, 3.8) is 0 Å². The maximum Gasteiger partial charge on any atom is 0.222 e. The van der Waals surface area contributed by atoms with E-state index in [4.69, 9.17) is 4.74 Å². The Bertz CT molecular complexity index is 304. The molecule has 3 heteroatoms. The van der Waals surface area contributed by atoms with Crippen LogP contribution in [0.5, 0.6) is 0 Å². The van der Waals surface area contributed by atoms with Gasteiger partial charge >= 0.3 is 0 Å². The Balaban J connectivity index is 1.94. The molecule has 1 aromatic carbocycles. The van der Waals surface area contributed by atoms with Gasteiger partial charge in [0.25, 0.3) is 0 Å². The lowest BCUT2D eigenvalue weighted by Gasteiger charge is -2.06. The van der Waals surface area contributed by atoms with Gasteiger partial charge in [0, 0.05) is 11.5 Å². The Kier molecular flexibility index (Phi) is 3.22. The van der Waals surface area contributed by atoms with E-state index in [0.717, 1.165) is 24.3 Å². The number of carbonyl (C=O) groups is 1. The van der Waals surface area contributed by atoms with Crippen LogP contribution < -0.4 is 0 Å². The van der Waals surface area contributed by atoms with Gasteiger partial charge in [0.1, 0.15) is 6.10 Å². The summed E-state index contributed by atoms with van der Waals surface area (Å²) in [6.07, 6.45) is 1.70. The molecule has 0 N–H and O–H groups in total. The molecule has 2 nitrogen and oxygen atoms in total. The third-order valence-electron chi connectivity index (χ3n) is 2.15. The summed E-state index contributed by atoms with van der Waals surface area (Å²) in [6, 6.07) is 9.70. The molecule has 0 radical (unpaired) electrons. The van der Waals surface area contributed by atoms with E-state index < -0.39 is 0 Å². The van der Waals surface area contributed by atoms with Gasteiger partial charge in [-0.1, -0.05) is 18.2 Å². The fraction of sp³-hybridized carbons (Fsp3) is 0.364. The molecule has 2 rings (SSSR count). The van der Waals surface area contributed by atoms with Crippen molar-refractivity contribution in [2.45, 2.75) is 23.8 Å². The molecule has 1 atom stereocenters. The zero-order valence-electron chi connectivity index (χ0n) is 7.81. The Hall–Kier alpha value is -0.800. The zero-order valence-corrected chi connectivity index (χ0v) is 8.63. The van der Waals surface area contributed by atoms with Crippen LogP contribution in [0.2, 0.25) is 0 Å². The van der Waals surface area contributed by atoms with E-state index in [1.165, 1.54) is 11.8 Å². The summed E-state index contributed by atoms with van der Waals surface area (Å²) in [5.74, 6) is 0. The molecule has 0 amide bonds. The number of hydrogen-bond donors (Lipinski definition) is 0. The lowest BCUT2D eigenvalue weighted by molar-refractivity contribution is -0.118. The van der Waals surface area contributed by atoms with Gasteiger partial charge in [-0.3, -0.25) is 4.79 Å². The molecule has 1 saturated heterocycles. The summed E-state index contributed by atoms with van der Waals surface area (Å²) in [7, 11) is 0. The first-order valence-electron chi connectivity index (χ1n) is 4.74. The number of hydrogen-bond acceptors (Lipinski definition) is 3. The standard InChI is InChI=1S/C11H12O2S/c12-11(10-7-4-8-13-10)14-9-5-2-1-3-6-9/h1-3,5-6,10H,4,7-8H2. The predicted octanol–water partition coefficient (Wildman–Crippen LogP) is 2.48. The highest BCUT2D eigenvalue weighted by atomic mass is 32.2. The molecule has 74 valence electrons. The van der Waals surface area contributed by atoms with E-state index >= 15 is 0 Å². The third kappa shape index (κ3) is 2.36. The molecule has 0 aromatic heterocycles. The van der Waals surface area contributed by atoms with Crippen LogP contribution in [0.25, 0.3) is 0 Å². The summed E-state index contributed by atoms with van der Waals surface area (Å²) in [4.78, 5) is 12.6. The highest BCUT2D eigenvalue weighted by Gasteiger charge is 2.23. The second kappa shape index (κ2) is 4.62. The molecule has 0 bridgehead atoms. The third-order valence-corrected chi connectivity index (χ3v) is 3.13. The van der Waals surface area contributed by atoms with Gasteiger partial charge in [0.2, 0.25) is 5.12 Å². The van der Waals surface area contributed by atoms with Crippen molar-refractivity contribution in [3.05, 3.63) is 30.3 Å². The minimum absolute atomic E-state index is 0.133. The van der Waals surface area contributed by atoms with Gasteiger partial charge < -0.3 is 4.74 Å². The monoisotopic (exact) mass is 208 g/mol. The minimum atomic E-state index is -0.180. The van der Waals surface area contributed by atoms with E-state index in [1.54, 1.807) is 0 Å². The van der Waals surface area contributed by atoms with E-state index in [-0.39, 0.29) is 11.2 Å². The van der Waals surface area contributed by atoms with Crippen LogP contribution >= 0.6 is 11.8 Å². The quantitative estimate of drug-likeness (QED) is 0.698. The Labute approximate surface area is 87.6 Å². The summed E-state index contributed by atoms with van der Waals surface area (Å²) >= 11 is 1.28. The molecule has 1 aliphatic heterocycles. The van der Waals surface area contributed by atoms with Gasteiger partial charge in [0.05, 0.1) is 0 Å². The van der Waals surface area contributed by atoms with E-state index in [2.05, 4.69) is 0 Å². The van der Waals surface area contributed by atoms with Gasteiger partial charge in [-0.05, 0) is 36.7 Å². The smallest absolute Gasteiger partial charge is 0.222 e. The van der Waals surface area contributed by atoms with Crippen LogP contribution in [0, 0.1) is 0 Å². The molecule has 1 aliphatic rings. The number of ether oxygens (including phenoxy) is 1. The summed E-state index contributed by atoms with van der Waals surface area (Å²) in [5.41, 5.74) is 0. The first-order chi connectivity index (χ1) is 6.86. The lowest BCUT2D eigenvalue weighted by Crippen LogP contribution is -2.15. The van der Waals surface area contributed by atoms with Gasteiger partial charge in [-0.15, -0.1) is 0 Å². The second-order valence-electron chi connectivity index (χ2n) is 3.24. The molecule has 0 saturated carbocycles. The number of benzene rings is 1. The maximum atomic E-state index is 11.7. The van der Waals surface area contributed by atoms with Crippen molar-refractivity contribution in [1.29, 1.82) is 0 Å². The first-order valence-corrected chi connectivity index (χ1v) is 5.56. The van der Waals surface area contributed by atoms with Crippen LogP contribution in [-0.2, 0) is 9.53 Å². The lowest BCUT2D eigenvalue weighted by atomic mass is 10.3. The fourth-order valence-corrected chi connectivity index (χ4v) is 2.28. The van der Waals surface area contributed by atoms with Crippen LogP contribution in [0.1, 0.15) is 12.8 Å². The normalized spacial score (nSPS) is 21.0. The summed E-state index contributed by atoms with van der Waals surface area (Å²) in [5, 5.41) is 0.133. The molecule has 0 spiro atoms. The van der Waals surface area contributed by atoms with Crippen molar-refractivity contribution in [2.75, 3.05) is 6.61 Å². The summed E-state index contributed by atoms with van der Waals surface area (Å²) in [6.45, 7) is 0.728. The average molecular weight is 208 g/mol. The molecular weight excluding hydrogens is 196 g/mol. The average Bonchev–Trinajstić information content (AvgIpc) is 2.72. The van der Waals surface area contributed by atoms with Crippen molar-refractivity contribution < 1.29 is 9.53 Å². The van der Waals surface area contributed by atoms with Crippen molar-refractivity contribution in [2.24, 2.45) is 0 Å². The van der Waals surface area contributed by atoms with Gasteiger partial charge in [0.15, 0.2) is 0 Å². The van der Waals surface area contributed by atoms with Crippen LogP contribution in [0.15, 0.2) is 35.2 Å². The number of rotatable bonds is 2. The van der Waals surface area contributed by atoms with Crippen LogP contribution in [0.4, 0.5) is 0 Å². The molecular formula is C11H12O2S. The first kappa shape index (κ1) is 9.74. The van der Waals surface area contributed by atoms with Crippen molar-refractivity contribution in [3.8, 4) is 0 Å². The molecule has 0 aliphatic carbocycles. The van der Waals surface area contributed by atoms with Gasteiger partial charge in [-0.25, -0.2) is 0 Å². The zero-order chi connectivity index (χ0) is 9.80. The summed E-state index contributed by atoms with van der Waals surface area (Å²) < 4.78 is 5.32. The molecule has 1 aromatic rings. The SMILES string of the molecule is O=C(Sc1ccccc1)C1CCCO1. The molecule has 14 heavy (non-hydrogen) atoms. The Morgan fingerprint density at radius 2 is 2.14 bits per heavy atom. The molecule has 1 fully saturated rings. The minimum Gasteiger partial charge on any atom is -0.369 e. The number of carbonyl (C=O) groups excluding carboxylic acids is 1. The van der Waals surface area contributed by atoms with Crippen molar-refractivity contribution in [1.82, 2.24) is 0 Å². The van der Waals surface area contributed by atoms with E-state index in [1.807, 2.05) is 30.3 Å². The Morgan fingerprint density at radius 1 is 1.36 bits per heavy atom. The molecule has 1 unspecified atom stereocenters. The predicted molar refractivity (Wildman–Crippen MR) is 56.3 cm³/mol. The topological polar surface area (TPSA) is 26.3 Å². The highest BCUT2D eigenvalue weighted by molar-refractivity contribution is 8.13. The largest absolute Gasteiger partial charge is 0.369 e. The van der Waals surface area contributed by atoms with Crippen LogP contribution in [0.3, 0.4) is 0 Å². The molecule has 1 heterocycles. The van der Waals surface area contributed by atoms with E-state index in [9.17, 15) is 4.79 Å². The maximum absolute atomic E-state index is 11.7. The van der Waals surface area contributed by atoms with Gasteiger partial charge in [-0.2, -0.15) is 0 Å². The number of thioether (sulfide) groups is 1. The van der Waals surface area contributed by atoms with Crippen LogP contribution in [-0.4, -0.2) is 17.8 Å². The Morgan fingerprint density at radius 3 is 2.79 bits per heavy atom. The highest BCUT2D eigenvalue weighted by Crippen LogP contribution is 2.24. The van der Waals surface area contributed by atoms with E-state index in [0.29, 0.717) is 0 Å². The van der Waals surface area contributed by atoms with Crippen molar-refractivity contribution >= 4 is 16.9 Å². The second-order valence-corrected chi connectivity index (χ2v) is 4.31. The fourth-order valence-electron chi connectivity index (χ4n) is 1.43.